The molecule has 0 aliphatic carbocycles. The molecule has 0 saturated heterocycles. The van der Waals surface area contributed by atoms with Gasteiger partial charge in [0.15, 0.2) is 0 Å². The van der Waals surface area contributed by atoms with Crippen molar-refractivity contribution in [3.8, 4) is 0 Å². The maximum atomic E-state index is 13.2. The van der Waals surface area contributed by atoms with E-state index in [1.54, 1.807) is 6.20 Å². The van der Waals surface area contributed by atoms with Gasteiger partial charge in [0.05, 0.1) is 22.2 Å². The number of amides is 1. The van der Waals surface area contributed by atoms with Crippen molar-refractivity contribution in [2.24, 2.45) is 0 Å². The Bertz CT molecular complexity index is 1040. The van der Waals surface area contributed by atoms with E-state index < -0.39 is 17.6 Å². The fourth-order valence-electron chi connectivity index (χ4n) is 3.38. The number of nitrogens with zero attached hydrogens (tertiary/aromatic N) is 2. The van der Waals surface area contributed by atoms with E-state index in [9.17, 15) is 18.0 Å². The van der Waals surface area contributed by atoms with Crippen molar-refractivity contribution in [2.75, 3.05) is 13.1 Å². The Labute approximate surface area is 153 Å². The van der Waals surface area contributed by atoms with Crippen LogP contribution in [-0.2, 0) is 6.18 Å². The van der Waals surface area contributed by atoms with Crippen LogP contribution in [0.15, 0.2) is 54.9 Å². The van der Waals surface area contributed by atoms with Crippen LogP contribution in [-0.4, -0.2) is 33.9 Å². The highest BCUT2D eigenvalue weighted by atomic mass is 19.4. The number of rotatable bonds is 2. The number of hydrogen-bond donors (Lipinski definition) is 1. The van der Waals surface area contributed by atoms with E-state index in [0.717, 1.165) is 28.2 Å². The average molecular weight is 371 g/mol. The summed E-state index contributed by atoms with van der Waals surface area (Å²) in [6, 6.07) is 8.68. The molecule has 4 rings (SSSR count). The Morgan fingerprint density at radius 1 is 1.15 bits per heavy atom. The first kappa shape index (κ1) is 17.3. The second kappa shape index (κ2) is 6.57. The summed E-state index contributed by atoms with van der Waals surface area (Å²) in [4.78, 5) is 21.6. The SMILES string of the molecule is O=C(c1ccccc1C(F)(F)F)N1CC=C(c2c[nH]c3cccnc23)CC1. The highest BCUT2D eigenvalue weighted by Gasteiger charge is 2.36. The van der Waals surface area contributed by atoms with Gasteiger partial charge in [-0.2, -0.15) is 13.2 Å². The van der Waals surface area contributed by atoms with Gasteiger partial charge < -0.3 is 9.88 Å². The minimum atomic E-state index is -4.56. The van der Waals surface area contributed by atoms with E-state index in [2.05, 4.69) is 9.97 Å². The van der Waals surface area contributed by atoms with Crippen LogP contribution in [0.3, 0.4) is 0 Å². The molecule has 3 heterocycles. The van der Waals surface area contributed by atoms with E-state index in [1.807, 2.05) is 24.4 Å². The van der Waals surface area contributed by atoms with Crippen molar-refractivity contribution in [3.63, 3.8) is 0 Å². The van der Waals surface area contributed by atoms with Crippen LogP contribution in [0, 0.1) is 0 Å². The topological polar surface area (TPSA) is 49.0 Å². The summed E-state index contributed by atoms with van der Waals surface area (Å²) in [5.74, 6) is -0.602. The highest BCUT2D eigenvalue weighted by Crippen LogP contribution is 2.33. The first-order valence-electron chi connectivity index (χ1n) is 8.52. The molecule has 2 aromatic heterocycles. The number of carbonyl (C=O) groups excluding carboxylic acids is 1. The lowest BCUT2D eigenvalue weighted by Gasteiger charge is -2.27. The van der Waals surface area contributed by atoms with Gasteiger partial charge in [0.25, 0.3) is 5.91 Å². The van der Waals surface area contributed by atoms with Gasteiger partial charge >= 0.3 is 6.18 Å². The minimum absolute atomic E-state index is 0.264. The van der Waals surface area contributed by atoms with Crippen molar-refractivity contribution in [1.29, 1.82) is 0 Å². The molecule has 0 atom stereocenters. The molecule has 1 aromatic carbocycles. The van der Waals surface area contributed by atoms with Crippen molar-refractivity contribution in [2.45, 2.75) is 12.6 Å². The first-order valence-corrected chi connectivity index (χ1v) is 8.52. The van der Waals surface area contributed by atoms with E-state index in [-0.39, 0.29) is 12.1 Å². The Hall–Kier alpha value is -3.09. The molecule has 4 nitrogen and oxygen atoms in total. The zero-order valence-electron chi connectivity index (χ0n) is 14.3. The quantitative estimate of drug-likeness (QED) is 0.721. The smallest absolute Gasteiger partial charge is 0.359 e. The normalized spacial score (nSPS) is 15.1. The molecule has 0 unspecified atom stereocenters. The van der Waals surface area contributed by atoms with Crippen LogP contribution in [0.2, 0.25) is 0 Å². The van der Waals surface area contributed by atoms with Gasteiger partial charge in [0, 0.05) is 31.0 Å². The van der Waals surface area contributed by atoms with E-state index in [1.165, 1.54) is 23.1 Å². The third kappa shape index (κ3) is 3.20. The van der Waals surface area contributed by atoms with Gasteiger partial charge in [-0.3, -0.25) is 9.78 Å². The number of aromatic nitrogens is 2. The number of benzene rings is 1. The van der Waals surface area contributed by atoms with Crippen LogP contribution < -0.4 is 0 Å². The predicted molar refractivity (Wildman–Crippen MR) is 96.0 cm³/mol. The van der Waals surface area contributed by atoms with Crippen molar-refractivity contribution in [1.82, 2.24) is 14.9 Å². The number of halogens is 3. The van der Waals surface area contributed by atoms with Gasteiger partial charge in [-0.05, 0) is 36.3 Å². The first-order chi connectivity index (χ1) is 12.9. The molecule has 27 heavy (non-hydrogen) atoms. The van der Waals surface area contributed by atoms with Crippen LogP contribution in [0.25, 0.3) is 16.6 Å². The summed E-state index contributed by atoms with van der Waals surface area (Å²) in [6.45, 7) is 0.621. The summed E-state index contributed by atoms with van der Waals surface area (Å²) in [7, 11) is 0. The van der Waals surface area contributed by atoms with Crippen LogP contribution >= 0.6 is 0 Å². The molecule has 1 aliphatic heterocycles. The molecule has 1 N–H and O–H groups in total. The number of alkyl halides is 3. The van der Waals surface area contributed by atoms with Crippen molar-refractivity contribution in [3.05, 3.63) is 71.6 Å². The summed E-state index contributed by atoms with van der Waals surface area (Å²) in [6.07, 6.45) is 1.48. The molecular weight excluding hydrogens is 355 g/mol. The highest BCUT2D eigenvalue weighted by molar-refractivity contribution is 5.97. The van der Waals surface area contributed by atoms with Gasteiger partial charge in [0.1, 0.15) is 0 Å². The molecule has 1 amide bonds. The summed E-state index contributed by atoms with van der Waals surface area (Å²) in [5, 5.41) is 0. The molecule has 0 bridgehead atoms. The third-order valence-electron chi connectivity index (χ3n) is 4.74. The molecule has 0 radical (unpaired) electrons. The van der Waals surface area contributed by atoms with E-state index in [4.69, 9.17) is 0 Å². The summed E-state index contributed by atoms with van der Waals surface area (Å²) in [5.41, 5.74) is 2.57. The standard InChI is InChI=1S/C20H16F3N3O/c21-20(22,23)16-5-2-1-4-14(16)19(27)26-10-7-13(8-11-26)15-12-25-17-6-3-9-24-18(15)17/h1-7,9,12,25H,8,10-11H2. The lowest BCUT2D eigenvalue weighted by molar-refractivity contribution is -0.138. The Morgan fingerprint density at radius 3 is 2.70 bits per heavy atom. The molecule has 7 heteroatoms. The fraction of sp³-hybridized carbons (Fsp3) is 0.200. The molecule has 3 aromatic rings. The third-order valence-corrected chi connectivity index (χ3v) is 4.74. The number of carbonyl (C=O) groups is 1. The second-order valence-corrected chi connectivity index (χ2v) is 6.38. The minimum Gasteiger partial charge on any atom is -0.359 e. The fourth-order valence-corrected chi connectivity index (χ4v) is 3.38. The lowest BCUT2D eigenvalue weighted by atomic mass is 9.99. The monoisotopic (exact) mass is 371 g/mol. The van der Waals surface area contributed by atoms with Gasteiger partial charge in [-0.25, -0.2) is 0 Å². The van der Waals surface area contributed by atoms with Crippen molar-refractivity contribution < 1.29 is 18.0 Å². The van der Waals surface area contributed by atoms with Crippen LogP contribution in [0.4, 0.5) is 13.2 Å². The number of fused-ring (bicyclic) bond motifs is 1. The summed E-state index contributed by atoms with van der Waals surface area (Å²) < 4.78 is 39.5. The lowest BCUT2D eigenvalue weighted by Crippen LogP contribution is -2.35. The predicted octanol–water partition coefficient (Wildman–Crippen LogP) is 4.51. The number of hydrogen-bond acceptors (Lipinski definition) is 2. The maximum absolute atomic E-state index is 13.2. The summed E-state index contributed by atoms with van der Waals surface area (Å²) >= 11 is 0. The Kier molecular flexibility index (Phi) is 4.22. The maximum Gasteiger partial charge on any atom is 0.417 e. The zero-order valence-corrected chi connectivity index (χ0v) is 14.3. The number of aromatic amines is 1. The van der Waals surface area contributed by atoms with E-state index >= 15 is 0 Å². The number of nitrogens with one attached hydrogen (secondary N) is 1. The number of pyridine rings is 1. The van der Waals surface area contributed by atoms with Crippen LogP contribution in [0.5, 0.6) is 0 Å². The molecule has 0 saturated carbocycles. The van der Waals surface area contributed by atoms with Gasteiger partial charge in [-0.1, -0.05) is 18.2 Å². The Morgan fingerprint density at radius 2 is 1.96 bits per heavy atom. The van der Waals surface area contributed by atoms with E-state index in [0.29, 0.717) is 13.0 Å². The number of H-pyrrole nitrogens is 1. The Balaban J connectivity index is 1.58. The molecule has 138 valence electrons. The molecule has 0 fully saturated rings. The zero-order chi connectivity index (χ0) is 19.0. The largest absolute Gasteiger partial charge is 0.417 e. The van der Waals surface area contributed by atoms with Crippen LogP contribution in [0.1, 0.15) is 27.9 Å². The second-order valence-electron chi connectivity index (χ2n) is 6.38. The van der Waals surface area contributed by atoms with Gasteiger partial charge in [-0.15, -0.1) is 0 Å². The average Bonchev–Trinajstić information content (AvgIpc) is 3.11. The molecule has 0 spiro atoms. The molecule has 1 aliphatic rings. The molecular formula is C20H16F3N3O. The van der Waals surface area contributed by atoms with Gasteiger partial charge in [0.2, 0.25) is 0 Å². The van der Waals surface area contributed by atoms with Crippen molar-refractivity contribution >= 4 is 22.5 Å².